The second-order valence-electron chi connectivity index (χ2n) is 9.92. The van der Waals surface area contributed by atoms with E-state index in [-0.39, 0.29) is 42.2 Å². The van der Waals surface area contributed by atoms with E-state index in [2.05, 4.69) is 24.5 Å². The minimum atomic E-state index is -0.458. The van der Waals surface area contributed by atoms with E-state index in [1.165, 1.54) is 0 Å². The normalized spacial score (nSPS) is 23.5. The average Bonchev–Trinajstić information content (AvgIpc) is 3.24. The summed E-state index contributed by atoms with van der Waals surface area (Å²) in [5.74, 6) is 2.32. The van der Waals surface area contributed by atoms with Crippen molar-refractivity contribution in [3.8, 4) is 0 Å². The van der Waals surface area contributed by atoms with Crippen molar-refractivity contribution < 1.29 is 13.9 Å². The SMILES string of the molecule is CC(C)CN=C(NCCc1ccco1)NC1CC2CCC(C1)N2C(=O)OC(C)(C)C.I. The Balaban J connectivity index is 0.00000341. The van der Waals surface area contributed by atoms with Crippen molar-refractivity contribution in [2.24, 2.45) is 10.9 Å². The predicted molar refractivity (Wildman–Crippen MR) is 134 cm³/mol. The summed E-state index contributed by atoms with van der Waals surface area (Å²) in [5.41, 5.74) is -0.458. The van der Waals surface area contributed by atoms with Crippen molar-refractivity contribution in [3.05, 3.63) is 24.2 Å². The molecule has 1 aromatic heterocycles. The van der Waals surface area contributed by atoms with Gasteiger partial charge in [-0.25, -0.2) is 4.79 Å². The van der Waals surface area contributed by atoms with Crippen molar-refractivity contribution in [1.82, 2.24) is 15.5 Å². The standard InChI is InChI=1S/C23H38N4O3.HI/c1-16(2)15-25-21(24-11-10-20-7-6-12-29-20)26-17-13-18-8-9-19(14-17)27(18)22(28)30-23(3,4)5;/h6-7,12,16-19H,8-11,13-15H2,1-5H3,(H2,24,25,26);1H. The van der Waals surface area contributed by atoms with Gasteiger partial charge in [0.1, 0.15) is 11.4 Å². The summed E-state index contributed by atoms with van der Waals surface area (Å²) in [6, 6.07) is 4.69. The fourth-order valence-corrected chi connectivity index (χ4v) is 4.29. The summed E-state index contributed by atoms with van der Waals surface area (Å²) in [5, 5.41) is 7.08. The summed E-state index contributed by atoms with van der Waals surface area (Å²) >= 11 is 0. The highest BCUT2D eigenvalue weighted by atomic mass is 127. The molecule has 8 heteroatoms. The molecule has 0 radical (unpaired) electrons. The van der Waals surface area contributed by atoms with Gasteiger partial charge < -0.3 is 24.7 Å². The lowest BCUT2D eigenvalue weighted by Gasteiger charge is -2.40. The van der Waals surface area contributed by atoms with Crippen molar-refractivity contribution in [1.29, 1.82) is 0 Å². The van der Waals surface area contributed by atoms with E-state index in [1.54, 1.807) is 6.26 Å². The number of rotatable bonds is 6. The number of ether oxygens (including phenoxy) is 1. The number of nitrogens with zero attached hydrogens (tertiary/aromatic N) is 2. The van der Waals surface area contributed by atoms with Crippen LogP contribution in [-0.4, -0.2) is 53.8 Å². The lowest BCUT2D eigenvalue weighted by atomic mass is 9.98. The van der Waals surface area contributed by atoms with Crippen LogP contribution in [-0.2, 0) is 11.2 Å². The number of furan rings is 1. The van der Waals surface area contributed by atoms with Gasteiger partial charge in [-0.2, -0.15) is 0 Å². The number of halogens is 1. The molecule has 3 heterocycles. The molecule has 7 nitrogen and oxygen atoms in total. The second kappa shape index (κ2) is 11.4. The van der Waals surface area contributed by atoms with Gasteiger partial charge in [-0.05, 0) is 64.5 Å². The Morgan fingerprint density at radius 2 is 1.97 bits per heavy atom. The average molecular weight is 546 g/mol. The van der Waals surface area contributed by atoms with E-state index in [9.17, 15) is 4.79 Å². The predicted octanol–water partition coefficient (Wildman–Crippen LogP) is 4.56. The zero-order valence-corrected chi connectivity index (χ0v) is 21.8. The molecule has 0 aliphatic carbocycles. The maximum atomic E-state index is 12.7. The lowest BCUT2D eigenvalue weighted by molar-refractivity contribution is 0.00545. The van der Waals surface area contributed by atoms with E-state index >= 15 is 0 Å². The Hall–Kier alpha value is -1.45. The molecule has 2 N–H and O–H groups in total. The topological polar surface area (TPSA) is 79.1 Å². The minimum absolute atomic E-state index is 0. The van der Waals surface area contributed by atoms with Gasteiger partial charge >= 0.3 is 6.09 Å². The fraction of sp³-hybridized carbons (Fsp3) is 0.739. The first-order valence-electron chi connectivity index (χ1n) is 11.3. The van der Waals surface area contributed by atoms with Crippen LogP contribution in [0.1, 0.15) is 66.1 Å². The van der Waals surface area contributed by atoms with Crippen LogP contribution in [0.25, 0.3) is 0 Å². The maximum absolute atomic E-state index is 12.7. The molecular formula is C23H39IN4O3. The number of carbonyl (C=O) groups is 1. The van der Waals surface area contributed by atoms with Crippen molar-refractivity contribution >= 4 is 36.0 Å². The first-order valence-corrected chi connectivity index (χ1v) is 11.3. The number of amides is 1. The maximum Gasteiger partial charge on any atom is 0.410 e. The summed E-state index contributed by atoms with van der Waals surface area (Å²) in [7, 11) is 0. The number of nitrogens with one attached hydrogen (secondary N) is 2. The molecule has 1 amide bonds. The Kier molecular flexibility index (Phi) is 9.51. The zero-order chi connectivity index (χ0) is 21.7. The molecule has 0 aromatic carbocycles. The van der Waals surface area contributed by atoms with Gasteiger partial charge in [0.25, 0.3) is 0 Å². The van der Waals surface area contributed by atoms with Gasteiger partial charge in [0.15, 0.2) is 5.96 Å². The minimum Gasteiger partial charge on any atom is -0.469 e. The molecule has 2 unspecified atom stereocenters. The van der Waals surface area contributed by atoms with Gasteiger partial charge in [0.2, 0.25) is 0 Å². The largest absolute Gasteiger partial charge is 0.469 e. The van der Waals surface area contributed by atoms with Crippen LogP contribution in [0, 0.1) is 5.92 Å². The molecule has 0 saturated carbocycles. The molecule has 176 valence electrons. The van der Waals surface area contributed by atoms with Crippen LogP contribution in [0.15, 0.2) is 27.8 Å². The number of guanidine groups is 1. The quantitative estimate of drug-likeness (QED) is 0.311. The fourth-order valence-electron chi connectivity index (χ4n) is 4.29. The molecule has 0 spiro atoms. The number of piperidine rings is 1. The summed E-state index contributed by atoms with van der Waals surface area (Å²) in [6.07, 6.45) is 6.30. The van der Waals surface area contributed by atoms with Crippen LogP contribution >= 0.6 is 24.0 Å². The monoisotopic (exact) mass is 546 g/mol. The molecule has 2 fully saturated rings. The highest BCUT2D eigenvalue weighted by Crippen LogP contribution is 2.36. The van der Waals surface area contributed by atoms with Gasteiger partial charge in [0.05, 0.1) is 6.26 Å². The third kappa shape index (κ3) is 7.88. The van der Waals surface area contributed by atoms with Gasteiger partial charge in [-0.3, -0.25) is 4.99 Å². The molecule has 2 bridgehead atoms. The third-order valence-electron chi connectivity index (χ3n) is 5.54. The van der Waals surface area contributed by atoms with E-state index in [0.29, 0.717) is 12.0 Å². The van der Waals surface area contributed by atoms with Crippen LogP contribution in [0.5, 0.6) is 0 Å². The molecule has 2 aliphatic rings. The van der Waals surface area contributed by atoms with E-state index in [0.717, 1.165) is 56.9 Å². The van der Waals surface area contributed by atoms with E-state index in [1.807, 2.05) is 37.8 Å². The second-order valence-corrected chi connectivity index (χ2v) is 9.92. The Bertz CT molecular complexity index is 701. The van der Waals surface area contributed by atoms with E-state index in [4.69, 9.17) is 14.1 Å². The van der Waals surface area contributed by atoms with Crippen LogP contribution in [0.2, 0.25) is 0 Å². The number of fused-ring (bicyclic) bond motifs is 2. The number of hydrogen-bond acceptors (Lipinski definition) is 4. The van der Waals surface area contributed by atoms with Gasteiger partial charge in [-0.1, -0.05) is 13.8 Å². The Morgan fingerprint density at radius 1 is 1.29 bits per heavy atom. The Labute approximate surface area is 203 Å². The number of aliphatic imine (C=N–C) groups is 1. The number of hydrogen-bond donors (Lipinski definition) is 2. The summed E-state index contributed by atoms with van der Waals surface area (Å²) in [4.78, 5) is 19.4. The van der Waals surface area contributed by atoms with Crippen molar-refractivity contribution in [2.75, 3.05) is 13.1 Å². The molecule has 2 atom stereocenters. The first-order chi connectivity index (χ1) is 14.2. The smallest absolute Gasteiger partial charge is 0.410 e. The zero-order valence-electron chi connectivity index (χ0n) is 19.5. The van der Waals surface area contributed by atoms with Crippen LogP contribution in [0.4, 0.5) is 4.79 Å². The lowest BCUT2D eigenvalue weighted by Crippen LogP contribution is -2.55. The highest BCUT2D eigenvalue weighted by Gasteiger charge is 2.45. The highest BCUT2D eigenvalue weighted by molar-refractivity contribution is 14.0. The summed E-state index contributed by atoms with van der Waals surface area (Å²) < 4.78 is 11.1. The van der Waals surface area contributed by atoms with Crippen molar-refractivity contribution in [3.63, 3.8) is 0 Å². The molecule has 3 rings (SSSR count). The third-order valence-corrected chi connectivity index (χ3v) is 5.54. The molecular weight excluding hydrogens is 507 g/mol. The van der Waals surface area contributed by atoms with Crippen LogP contribution < -0.4 is 10.6 Å². The molecule has 2 saturated heterocycles. The van der Waals surface area contributed by atoms with Crippen LogP contribution in [0.3, 0.4) is 0 Å². The number of carbonyl (C=O) groups excluding carboxylic acids is 1. The molecule has 1 aromatic rings. The first kappa shape index (κ1) is 25.8. The van der Waals surface area contributed by atoms with Gasteiger partial charge in [-0.15, -0.1) is 24.0 Å². The Morgan fingerprint density at radius 3 is 2.52 bits per heavy atom. The molecule has 31 heavy (non-hydrogen) atoms. The van der Waals surface area contributed by atoms with Gasteiger partial charge in [0, 0.05) is 37.6 Å². The van der Waals surface area contributed by atoms with Crippen molar-refractivity contribution in [2.45, 2.75) is 90.4 Å². The molecule has 2 aliphatic heterocycles. The van der Waals surface area contributed by atoms with E-state index < -0.39 is 5.60 Å². The summed E-state index contributed by atoms with van der Waals surface area (Å²) in [6.45, 7) is 11.7.